The van der Waals surface area contributed by atoms with E-state index in [0.717, 1.165) is 25.9 Å². The Morgan fingerprint density at radius 1 is 1.10 bits per heavy atom. The Bertz CT molecular complexity index is 348. The van der Waals surface area contributed by atoms with Crippen molar-refractivity contribution in [2.24, 2.45) is 0 Å². The molecule has 20 heavy (non-hydrogen) atoms. The lowest BCUT2D eigenvalue weighted by molar-refractivity contribution is -0.138. The number of nitrogens with one attached hydrogen (secondary N) is 1. The van der Waals surface area contributed by atoms with Crippen molar-refractivity contribution in [1.29, 1.82) is 0 Å². The fourth-order valence-electron chi connectivity index (χ4n) is 3.06. The number of aliphatic carboxylic acids is 1. The molecule has 2 fully saturated rings. The predicted molar refractivity (Wildman–Crippen MR) is 75.6 cm³/mol. The van der Waals surface area contributed by atoms with E-state index < -0.39 is 12.0 Å². The van der Waals surface area contributed by atoms with Gasteiger partial charge in [0.15, 0.2) is 0 Å². The van der Waals surface area contributed by atoms with Crippen LogP contribution in [0.1, 0.15) is 39.0 Å². The third kappa shape index (κ3) is 3.85. The zero-order valence-corrected chi connectivity index (χ0v) is 12.2. The number of carboxylic acids is 1. The van der Waals surface area contributed by atoms with E-state index in [-0.39, 0.29) is 6.03 Å². The second kappa shape index (κ2) is 6.92. The number of piperidine rings is 2. The van der Waals surface area contributed by atoms with Crippen LogP contribution < -0.4 is 5.32 Å². The summed E-state index contributed by atoms with van der Waals surface area (Å²) in [7, 11) is 0. The molecule has 0 bridgehead atoms. The Morgan fingerprint density at radius 2 is 1.70 bits per heavy atom. The number of nitrogens with zero attached hydrogens (tertiary/aromatic N) is 2. The smallest absolute Gasteiger partial charge is 0.325 e. The molecule has 2 aliphatic heterocycles. The summed E-state index contributed by atoms with van der Waals surface area (Å²) in [5, 5.41) is 11.3. The lowest BCUT2D eigenvalue weighted by atomic mass is 10.00. The molecule has 1 atom stereocenters. The largest absolute Gasteiger partial charge is 0.480 e. The number of likely N-dealkylation sites (tertiary alicyclic amines) is 2. The van der Waals surface area contributed by atoms with Crippen molar-refractivity contribution in [2.75, 3.05) is 26.2 Å². The molecule has 0 radical (unpaired) electrons. The fourth-order valence-corrected chi connectivity index (χ4v) is 3.06. The molecule has 0 aromatic rings. The number of rotatable bonds is 3. The minimum absolute atomic E-state index is 0.253. The first-order chi connectivity index (χ1) is 9.58. The first kappa shape index (κ1) is 15.1. The number of carbonyl (C=O) groups excluding carboxylic acids is 1. The van der Waals surface area contributed by atoms with Crippen LogP contribution in [0.5, 0.6) is 0 Å². The van der Waals surface area contributed by atoms with E-state index in [2.05, 4.69) is 10.2 Å². The van der Waals surface area contributed by atoms with Gasteiger partial charge in [0.2, 0.25) is 0 Å². The summed E-state index contributed by atoms with van der Waals surface area (Å²) in [4.78, 5) is 27.0. The highest BCUT2D eigenvalue weighted by atomic mass is 16.4. The van der Waals surface area contributed by atoms with Gasteiger partial charge < -0.3 is 20.2 Å². The molecular formula is C14H25N3O3. The number of carbonyl (C=O) groups is 2. The molecule has 2 heterocycles. The molecule has 6 heteroatoms. The van der Waals surface area contributed by atoms with Crippen molar-refractivity contribution in [3.05, 3.63) is 0 Å². The molecule has 0 aliphatic carbocycles. The minimum atomic E-state index is -0.999. The number of hydrogen-bond acceptors (Lipinski definition) is 3. The van der Waals surface area contributed by atoms with Crippen LogP contribution in [0.4, 0.5) is 4.79 Å². The van der Waals surface area contributed by atoms with E-state index in [1.807, 2.05) is 0 Å². The molecule has 0 aromatic heterocycles. The maximum Gasteiger partial charge on any atom is 0.325 e. The maximum atomic E-state index is 11.9. The molecule has 2 amide bonds. The molecule has 2 N–H and O–H groups in total. The Kier molecular flexibility index (Phi) is 5.23. The summed E-state index contributed by atoms with van der Waals surface area (Å²) in [6, 6.07) is -0.490. The van der Waals surface area contributed by atoms with Crippen molar-refractivity contribution in [1.82, 2.24) is 15.1 Å². The van der Waals surface area contributed by atoms with Crippen LogP contribution in [0.2, 0.25) is 0 Å². The number of carboxylic acid groups (broad SMARTS) is 1. The lowest BCUT2D eigenvalue weighted by Gasteiger charge is -2.40. The predicted octanol–water partition coefficient (Wildman–Crippen LogP) is 1.12. The fraction of sp³-hybridized carbons (Fsp3) is 0.857. The topological polar surface area (TPSA) is 72.9 Å². The van der Waals surface area contributed by atoms with Crippen molar-refractivity contribution in [3.8, 4) is 0 Å². The van der Waals surface area contributed by atoms with Crippen LogP contribution in [-0.2, 0) is 4.79 Å². The standard InChI is InChI=1S/C14H25N3O3/c1-11(13(18)19)15-14(20)17-9-5-12(6-10-17)16-7-3-2-4-8-16/h11-12H,2-10H2,1H3,(H,15,20)(H,18,19). The average Bonchev–Trinajstić information content (AvgIpc) is 2.48. The summed E-state index contributed by atoms with van der Waals surface area (Å²) >= 11 is 0. The van der Waals surface area contributed by atoms with Crippen LogP contribution in [0, 0.1) is 0 Å². The molecule has 1 unspecified atom stereocenters. The molecule has 6 nitrogen and oxygen atoms in total. The molecule has 2 aliphatic rings. The van der Waals surface area contributed by atoms with Gasteiger partial charge in [0.05, 0.1) is 0 Å². The molecule has 2 saturated heterocycles. The highest BCUT2D eigenvalue weighted by molar-refractivity contribution is 5.82. The van der Waals surface area contributed by atoms with Gasteiger partial charge in [-0.3, -0.25) is 4.79 Å². The van der Waals surface area contributed by atoms with Crippen molar-refractivity contribution < 1.29 is 14.7 Å². The van der Waals surface area contributed by atoms with Crippen molar-refractivity contribution >= 4 is 12.0 Å². The Labute approximate surface area is 120 Å². The number of amides is 2. The third-order valence-corrected chi connectivity index (χ3v) is 4.37. The quantitative estimate of drug-likeness (QED) is 0.814. The Hall–Kier alpha value is -1.30. The average molecular weight is 283 g/mol. The van der Waals surface area contributed by atoms with Crippen LogP contribution in [-0.4, -0.2) is 65.2 Å². The molecule has 0 aromatic carbocycles. The Morgan fingerprint density at radius 3 is 2.25 bits per heavy atom. The number of urea groups is 1. The summed E-state index contributed by atoms with van der Waals surface area (Å²) in [6.45, 7) is 5.30. The van der Waals surface area contributed by atoms with E-state index in [4.69, 9.17) is 5.11 Å². The van der Waals surface area contributed by atoms with Gasteiger partial charge in [-0.25, -0.2) is 4.79 Å². The van der Waals surface area contributed by atoms with Crippen LogP contribution in [0.3, 0.4) is 0 Å². The SMILES string of the molecule is CC(NC(=O)N1CCC(N2CCCCC2)CC1)C(=O)O. The van der Waals surface area contributed by atoms with E-state index in [0.29, 0.717) is 6.04 Å². The molecule has 0 spiro atoms. The normalized spacial score (nSPS) is 23.4. The van der Waals surface area contributed by atoms with E-state index in [1.165, 1.54) is 39.3 Å². The zero-order chi connectivity index (χ0) is 14.5. The highest BCUT2D eigenvalue weighted by Gasteiger charge is 2.28. The highest BCUT2D eigenvalue weighted by Crippen LogP contribution is 2.20. The number of hydrogen-bond donors (Lipinski definition) is 2. The Balaban J connectivity index is 1.75. The summed E-state index contributed by atoms with van der Waals surface area (Å²) in [5.41, 5.74) is 0. The van der Waals surface area contributed by atoms with Gasteiger partial charge in [0.25, 0.3) is 0 Å². The van der Waals surface area contributed by atoms with Crippen molar-refractivity contribution in [3.63, 3.8) is 0 Å². The van der Waals surface area contributed by atoms with E-state index in [1.54, 1.807) is 4.90 Å². The second-order valence-electron chi connectivity index (χ2n) is 5.82. The van der Waals surface area contributed by atoms with Gasteiger partial charge in [-0.1, -0.05) is 6.42 Å². The van der Waals surface area contributed by atoms with Crippen LogP contribution in [0.15, 0.2) is 0 Å². The van der Waals surface area contributed by atoms with E-state index in [9.17, 15) is 9.59 Å². The lowest BCUT2D eigenvalue weighted by Crippen LogP contribution is -2.52. The molecular weight excluding hydrogens is 258 g/mol. The summed E-state index contributed by atoms with van der Waals surface area (Å²) < 4.78 is 0. The first-order valence-corrected chi connectivity index (χ1v) is 7.60. The van der Waals surface area contributed by atoms with Gasteiger partial charge >= 0.3 is 12.0 Å². The summed E-state index contributed by atoms with van der Waals surface area (Å²) in [5.74, 6) is -0.999. The zero-order valence-electron chi connectivity index (χ0n) is 12.2. The molecule has 2 rings (SSSR count). The first-order valence-electron chi connectivity index (χ1n) is 7.60. The van der Waals surface area contributed by atoms with Gasteiger partial charge in [-0.2, -0.15) is 0 Å². The van der Waals surface area contributed by atoms with Crippen LogP contribution >= 0.6 is 0 Å². The second-order valence-corrected chi connectivity index (χ2v) is 5.82. The van der Waals surface area contributed by atoms with Crippen LogP contribution in [0.25, 0.3) is 0 Å². The van der Waals surface area contributed by atoms with Gasteiger partial charge in [0.1, 0.15) is 6.04 Å². The maximum absolute atomic E-state index is 11.9. The van der Waals surface area contributed by atoms with E-state index >= 15 is 0 Å². The van der Waals surface area contributed by atoms with Crippen molar-refractivity contribution in [2.45, 2.75) is 51.1 Å². The van der Waals surface area contributed by atoms with Gasteiger partial charge in [0, 0.05) is 19.1 Å². The molecule has 114 valence electrons. The van der Waals surface area contributed by atoms with Gasteiger partial charge in [-0.15, -0.1) is 0 Å². The monoisotopic (exact) mass is 283 g/mol. The summed E-state index contributed by atoms with van der Waals surface area (Å²) in [6.07, 6.45) is 5.90. The molecule has 0 saturated carbocycles. The minimum Gasteiger partial charge on any atom is -0.480 e. The van der Waals surface area contributed by atoms with Gasteiger partial charge in [-0.05, 0) is 45.7 Å². The third-order valence-electron chi connectivity index (χ3n) is 4.37.